The van der Waals surface area contributed by atoms with Crippen molar-refractivity contribution in [2.75, 3.05) is 0 Å². The molecule has 2 aromatic rings. The molecule has 19 heavy (non-hydrogen) atoms. The van der Waals surface area contributed by atoms with Crippen molar-refractivity contribution in [3.8, 4) is 0 Å². The lowest BCUT2D eigenvalue weighted by molar-refractivity contribution is 0.491. The van der Waals surface area contributed by atoms with Crippen LogP contribution < -0.4 is 5.73 Å². The Morgan fingerprint density at radius 2 is 2.11 bits per heavy atom. The lowest BCUT2D eigenvalue weighted by atomic mass is 10.0. The fourth-order valence-electron chi connectivity index (χ4n) is 2.23. The van der Waals surface area contributed by atoms with Gasteiger partial charge in [-0.25, -0.2) is 9.67 Å². The summed E-state index contributed by atoms with van der Waals surface area (Å²) in [6, 6.07) is 4.18. The predicted molar refractivity (Wildman–Crippen MR) is 74.7 cm³/mol. The Morgan fingerprint density at radius 3 is 2.79 bits per heavy atom. The second-order valence-electron chi connectivity index (χ2n) is 4.93. The quantitative estimate of drug-likeness (QED) is 0.892. The third-order valence-corrected chi connectivity index (χ3v) is 3.20. The zero-order valence-electron chi connectivity index (χ0n) is 11.7. The Hall–Kier alpha value is -1.75. The summed E-state index contributed by atoms with van der Waals surface area (Å²) in [5.41, 5.74) is 8.45. The summed E-state index contributed by atoms with van der Waals surface area (Å²) in [5, 5.41) is 4.23. The highest BCUT2D eigenvalue weighted by atomic mass is 15.3. The monoisotopic (exact) mass is 259 g/mol. The van der Waals surface area contributed by atoms with E-state index >= 15 is 0 Å². The molecule has 0 saturated carbocycles. The molecule has 5 nitrogen and oxygen atoms in total. The Bertz CT molecular complexity index is 532. The van der Waals surface area contributed by atoms with E-state index in [1.165, 1.54) is 5.56 Å². The molecule has 0 aliphatic rings. The summed E-state index contributed by atoms with van der Waals surface area (Å²) in [7, 11) is 0. The van der Waals surface area contributed by atoms with Gasteiger partial charge in [0.25, 0.3) is 0 Å². The van der Waals surface area contributed by atoms with Crippen LogP contribution in [0.15, 0.2) is 24.7 Å². The van der Waals surface area contributed by atoms with Crippen molar-refractivity contribution in [3.05, 3.63) is 41.7 Å². The van der Waals surface area contributed by atoms with Crippen molar-refractivity contribution < 1.29 is 0 Å². The number of aromatic nitrogens is 4. The first-order valence-electron chi connectivity index (χ1n) is 6.71. The van der Waals surface area contributed by atoms with Gasteiger partial charge < -0.3 is 5.73 Å². The second-order valence-corrected chi connectivity index (χ2v) is 4.93. The highest BCUT2D eigenvalue weighted by Crippen LogP contribution is 2.18. The number of hydrogen-bond donors (Lipinski definition) is 1. The standard InChI is InChI=1S/C14H21N5/c1-4-11-6-5-7-16-14(11)12(15)8-13-17-9-18-19(13)10(2)3/h5-7,9-10,12H,4,8,15H2,1-3H3. The number of rotatable bonds is 5. The molecule has 102 valence electrons. The molecule has 1 atom stereocenters. The van der Waals surface area contributed by atoms with Crippen molar-refractivity contribution in [2.45, 2.75) is 45.7 Å². The lowest BCUT2D eigenvalue weighted by Crippen LogP contribution is -2.20. The lowest BCUT2D eigenvalue weighted by Gasteiger charge is -2.15. The minimum Gasteiger partial charge on any atom is -0.322 e. The van der Waals surface area contributed by atoms with Gasteiger partial charge in [-0.05, 0) is 31.9 Å². The minimum atomic E-state index is -0.141. The van der Waals surface area contributed by atoms with Gasteiger partial charge in [0.15, 0.2) is 0 Å². The van der Waals surface area contributed by atoms with Gasteiger partial charge in [0.1, 0.15) is 12.2 Å². The van der Waals surface area contributed by atoms with Crippen LogP contribution >= 0.6 is 0 Å². The first-order chi connectivity index (χ1) is 9.13. The van der Waals surface area contributed by atoms with E-state index in [1.54, 1.807) is 12.5 Å². The van der Waals surface area contributed by atoms with Crippen LogP contribution in [0.2, 0.25) is 0 Å². The Balaban J connectivity index is 2.21. The van der Waals surface area contributed by atoms with Crippen molar-refractivity contribution in [3.63, 3.8) is 0 Å². The van der Waals surface area contributed by atoms with Gasteiger partial charge >= 0.3 is 0 Å². The Labute approximate surface area is 113 Å². The molecule has 0 aliphatic carbocycles. The molecular weight excluding hydrogens is 238 g/mol. The van der Waals surface area contributed by atoms with Crippen molar-refractivity contribution in [1.29, 1.82) is 0 Å². The van der Waals surface area contributed by atoms with Gasteiger partial charge in [-0.2, -0.15) is 5.10 Å². The number of nitrogens with two attached hydrogens (primary N) is 1. The normalized spacial score (nSPS) is 12.9. The average molecular weight is 259 g/mol. The van der Waals surface area contributed by atoms with Crippen molar-refractivity contribution in [2.24, 2.45) is 5.73 Å². The van der Waals surface area contributed by atoms with Gasteiger partial charge in [-0.3, -0.25) is 4.98 Å². The van der Waals surface area contributed by atoms with E-state index in [0.29, 0.717) is 12.5 Å². The topological polar surface area (TPSA) is 69.6 Å². The smallest absolute Gasteiger partial charge is 0.138 e. The summed E-state index contributed by atoms with van der Waals surface area (Å²) in [4.78, 5) is 8.72. The van der Waals surface area contributed by atoms with E-state index in [9.17, 15) is 0 Å². The first kappa shape index (κ1) is 13.7. The number of hydrogen-bond acceptors (Lipinski definition) is 4. The highest BCUT2D eigenvalue weighted by molar-refractivity contribution is 5.23. The van der Waals surface area contributed by atoms with Crippen LogP contribution in [0.4, 0.5) is 0 Å². The zero-order valence-corrected chi connectivity index (χ0v) is 11.7. The summed E-state index contributed by atoms with van der Waals surface area (Å²) >= 11 is 0. The molecule has 2 heterocycles. The molecule has 0 spiro atoms. The largest absolute Gasteiger partial charge is 0.322 e. The van der Waals surface area contributed by atoms with Crippen LogP contribution in [0, 0.1) is 0 Å². The molecule has 0 aromatic carbocycles. The minimum absolute atomic E-state index is 0.141. The number of aryl methyl sites for hydroxylation is 1. The molecule has 0 bridgehead atoms. The molecule has 2 rings (SSSR count). The van der Waals surface area contributed by atoms with Gasteiger partial charge in [-0.15, -0.1) is 0 Å². The third-order valence-electron chi connectivity index (χ3n) is 3.20. The van der Waals surface area contributed by atoms with Crippen LogP contribution in [0.5, 0.6) is 0 Å². The van der Waals surface area contributed by atoms with Gasteiger partial charge in [0.2, 0.25) is 0 Å². The highest BCUT2D eigenvalue weighted by Gasteiger charge is 2.16. The fourth-order valence-corrected chi connectivity index (χ4v) is 2.23. The molecule has 5 heteroatoms. The predicted octanol–water partition coefficient (Wildman–Crippen LogP) is 2.06. The van der Waals surface area contributed by atoms with Crippen LogP contribution in [0.25, 0.3) is 0 Å². The zero-order chi connectivity index (χ0) is 13.8. The van der Waals surface area contributed by atoms with E-state index < -0.39 is 0 Å². The summed E-state index contributed by atoms with van der Waals surface area (Å²) < 4.78 is 1.91. The molecule has 0 radical (unpaired) electrons. The maximum atomic E-state index is 6.29. The molecular formula is C14H21N5. The maximum absolute atomic E-state index is 6.29. The summed E-state index contributed by atoms with van der Waals surface area (Å²) in [5.74, 6) is 0.912. The second kappa shape index (κ2) is 5.93. The van der Waals surface area contributed by atoms with Gasteiger partial charge in [0, 0.05) is 18.7 Å². The van der Waals surface area contributed by atoms with Gasteiger partial charge in [-0.1, -0.05) is 13.0 Å². The van der Waals surface area contributed by atoms with E-state index in [1.807, 2.05) is 10.7 Å². The van der Waals surface area contributed by atoms with Crippen molar-refractivity contribution in [1.82, 2.24) is 19.7 Å². The van der Waals surface area contributed by atoms with Crippen LogP contribution in [0.1, 0.15) is 49.9 Å². The third kappa shape index (κ3) is 2.98. The summed E-state index contributed by atoms with van der Waals surface area (Å²) in [6.45, 7) is 6.29. The molecule has 0 aliphatic heterocycles. The molecule has 0 fully saturated rings. The maximum Gasteiger partial charge on any atom is 0.138 e. The number of nitrogens with zero attached hydrogens (tertiary/aromatic N) is 4. The fraction of sp³-hybridized carbons (Fsp3) is 0.500. The SMILES string of the molecule is CCc1cccnc1C(N)Cc1ncnn1C(C)C. The molecule has 1 unspecified atom stereocenters. The van der Waals surface area contributed by atoms with Gasteiger partial charge in [0.05, 0.1) is 11.7 Å². The first-order valence-corrected chi connectivity index (χ1v) is 6.71. The molecule has 0 amide bonds. The van der Waals surface area contributed by atoms with Crippen LogP contribution in [-0.4, -0.2) is 19.7 Å². The van der Waals surface area contributed by atoms with E-state index in [-0.39, 0.29) is 6.04 Å². The van der Waals surface area contributed by atoms with Crippen LogP contribution in [0.3, 0.4) is 0 Å². The van der Waals surface area contributed by atoms with E-state index in [0.717, 1.165) is 17.9 Å². The molecule has 0 saturated heterocycles. The van der Waals surface area contributed by atoms with Crippen molar-refractivity contribution >= 4 is 0 Å². The van der Waals surface area contributed by atoms with E-state index in [4.69, 9.17) is 5.73 Å². The molecule has 2 N–H and O–H groups in total. The Kier molecular flexibility index (Phi) is 4.27. The van der Waals surface area contributed by atoms with E-state index in [2.05, 4.69) is 41.9 Å². The van der Waals surface area contributed by atoms with Crippen LogP contribution in [-0.2, 0) is 12.8 Å². The Morgan fingerprint density at radius 1 is 1.32 bits per heavy atom. The summed E-state index contributed by atoms with van der Waals surface area (Å²) in [6.07, 6.45) is 4.97. The average Bonchev–Trinajstić information content (AvgIpc) is 2.87. The molecule has 2 aromatic heterocycles. The number of pyridine rings is 1.